The molecule has 0 heterocycles. The molecule has 9 atom stereocenters. The van der Waals surface area contributed by atoms with Crippen molar-refractivity contribution in [2.45, 2.75) is 62.1 Å². The lowest BCUT2D eigenvalue weighted by molar-refractivity contribution is -0.163. The highest BCUT2D eigenvalue weighted by Gasteiger charge is 2.75. The maximum atomic E-state index is 15.4. The number of ketones is 2. The first kappa shape index (κ1) is 21.8. The lowest BCUT2D eigenvalue weighted by atomic mass is 9.46. The summed E-state index contributed by atoms with van der Waals surface area (Å²) in [5.41, 5.74) is -3.01. The first-order valence-corrected chi connectivity index (χ1v) is 11.5. The molecule has 0 bridgehead atoms. The van der Waals surface area contributed by atoms with Gasteiger partial charge in [0.2, 0.25) is 0 Å². The van der Waals surface area contributed by atoms with E-state index in [1.165, 1.54) is 12.2 Å². The van der Waals surface area contributed by atoms with Gasteiger partial charge in [-0.2, -0.15) is 0 Å². The fourth-order valence-corrected chi connectivity index (χ4v) is 8.57. The molecule has 29 heavy (non-hydrogen) atoms. The Labute approximate surface area is 185 Å². The van der Waals surface area contributed by atoms with Crippen LogP contribution in [0.25, 0.3) is 0 Å². The highest BCUT2D eigenvalue weighted by atomic mass is 35.5. The summed E-state index contributed by atoms with van der Waals surface area (Å²) in [4.78, 5) is 23.7. The van der Waals surface area contributed by atoms with E-state index in [1.54, 1.807) is 6.08 Å². The summed E-state index contributed by atoms with van der Waals surface area (Å²) in [6.07, 6.45) is 4.13. The van der Waals surface area contributed by atoms with Gasteiger partial charge >= 0.3 is 0 Å². The highest BCUT2D eigenvalue weighted by molar-refractivity contribution is 6.34. The van der Waals surface area contributed by atoms with E-state index in [2.05, 4.69) is 0 Å². The quantitative estimate of drug-likeness (QED) is 0.609. The van der Waals surface area contributed by atoms with Crippen molar-refractivity contribution >= 4 is 46.4 Å². The van der Waals surface area contributed by atoms with Crippen LogP contribution < -0.4 is 0 Å². The van der Waals surface area contributed by atoms with Crippen molar-refractivity contribution in [1.29, 1.82) is 0 Å². The SMILES string of the molecule is C[C@H]1C[C@H]2[C@@H]3C[C@H](F)C4=CC(=O)C=C[C@]4(C)[C@@]3(Cl)[C@@H](Cl)C[C@]2(C)[C@@]1(O)C(=O)CCl. The molecule has 4 rings (SSSR count). The Hall–Kier alpha value is -0.420. The molecule has 0 unspecified atom stereocenters. The summed E-state index contributed by atoms with van der Waals surface area (Å²) in [6, 6.07) is 0. The lowest BCUT2D eigenvalue weighted by Gasteiger charge is -2.64. The Balaban J connectivity index is 1.87. The second kappa shape index (κ2) is 6.54. The van der Waals surface area contributed by atoms with Crippen LogP contribution in [0, 0.1) is 28.6 Å². The molecular weight excluding hydrogens is 438 g/mol. The van der Waals surface area contributed by atoms with Crippen LogP contribution in [-0.2, 0) is 9.59 Å². The third kappa shape index (κ3) is 2.41. The molecule has 4 aliphatic rings. The van der Waals surface area contributed by atoms with Crippen LogP contribution in [0.2, 0.25) is 0 Å². The van der Waals surface area contributed by atoms with E-state index in [-0.39, 0.29) is 35.8 Å². The van der Waals surface area contributed by atoms with E-state index >= 15 is 4.39 Å². The fourth-order valence-electron chi connectivity index (χ4n) is 7.17. The Kier molecular flexibility index (Phi) is 4.92. The normalized spacial score (nSPS) is 53.7. The molecule has 0 radical (unpaired) electrons. The van der Waals surface area contributed by atoms with Gasteiger partial charge in [-0.15, -0.1) is 34.8 Å². The van der Waals surface area contributed by atoms with Crippen molar-refractivity contribution in [1.82, 2.24) is 0 Å². The molecule has 0 aromatic heterocycles. The monoisotopic (exact) mass is 462 g/mol. The maximum Gasteiger partial charge on any atom is 0.179 e. The van der Waals surface area contributed by atoms with Crippen LogP contribution in [0.5, 0.6) is 0 Å². The average Bonchev–Trinajstić information content (AvgIpc) is 2.86. The fraction of sp³-hybridized carbons (Fsp3) is 0.727. The molecule has 0 saturated heterocycles. The molecule has 0 aromatic rings. The molecule has 3 saturated carbocycles. The second-order valence-electron chi connectivity index (χ2n) is 9.77. The van der Waals surface area contributed by atoms with Crippen molar-refractivity contribution in [2.24, 2.45) is 28.6 Å². The maximum absolute atomic E-state index is 15.4. The largest absolute Gasteiger partial charge is 0.381 e. The molecule has 4 aliphatic carbocycles. The van der Waals surface area contributed by atoms with Gasteiger partial charge < -0.3 is 5.11 Å². The number of halogens is 4. The number of carbonyl (C=O) groups is 2. The molecule has 3 nitrogen and oxygen atoms in total. The van der Waals surface area contributed by atoms with Crippen molar-refractivity contribution in [2.75, 3.05) is 5.88 Å². The standard InChI is InChI=1S/C22H26Cl3FO3/c1-11-6-13-14-8-16(26)15-7-12(27)4-5-19(15,2)21(14,25)17(24)9-20(13,3)22(11,29)18(28)10-23/h4-5,7,11,13-14,16-17,29H,6,8-10H2,1-3H3/t11-,13-,14-,16-,17-,19-,20-,21-,22-/m0/s1. The smallest absolute Gasteiger partial charge is 0.179 e. The minimum atomic E-state index is -1.62. The lowest BCUT2D eigenvalue weighted by Crippen LogP contribution is -2.69. The van der Waals surface area contributed by atoms with Gasteiger partial charge in [-0.1, -0.05) is 26.8 Å². The van der Waals surface area contributed by atoms with E-state index < -0.39 is 38.6 Å². The molecule has 0 aromatic carbocycles. The minimum Gasteiger partial charge on any atom is -0.381 e. The van der Waals surface area contributed by atoms with Crippen LogP contribution in [-0.4, -0.2) is 44.6 Å². The number of carbonyl (C=O) groups excluding carboxylic acids is 2. The van der Waals surface area contributed by atoms with Crippen LogP contribution in [0.4, 0.5) is 4.39 Å². The van der Waals surface area contributed by atoms with Crippen LogP contribution >= 0.6 is 34.8 Å². The predicted molar refractivity (Wildman–Crippen MR) is 112 cm³/mol. The van der Waals surface area contributed by atoms with Gasteiger partial charge in [-0.05, 0) is 54.7 Å². The Morgan fingerprint density at radius 3 is 2.59 bits per heavy atom. The zero-order valence-corrected chi connectivity index (χ0v) is 19.0. The minimum absolute atomic E-state index is 0.118. The first-order valence-electron chi connectivity index (χ1n) is 10.1. The highest BCUT2D eigenvalue weighted by Crippen LogP contribution is 2.72. The summed E-state index contributed by atoms with van der Waals surface area (Å²) in [5, 5.41) is 10.9. The Morgan fingerprint density at radius 2 is 1.97 bits per heavy atom. The summed E-state index contributed by atoms with van der Waals surface area (Å²) in [5.74, 6) is -1.83. The summed E-state index contributed by atoms with van der Waals surface area (Å²) in [6.45, 7) is 5.56. The number of alkyl halides is 4. The topological polar surface area (TPSA) is 54.4 Å². The number of Topliss-reactive ketones (excluding diaryl/α,β-unsaturated/α-hetero) is 1. The zero-order valence-electron chi connectivity index (χ0n) is 16.7. The van der Waals surface area contributed by atoms with E-state index in [9.17, 15) is 14.7 Å². The van der Waals surface area contributed by atoms with E-state index in [0.717, 1.165) is 0 Å². The molecule has 1 N–H and O–H groups in total. The van der Waals surface area contributed by atoms with Gasteiger partial charge in [-0.3, -0.25) is 9.59 Å². The van der Waals surface area contributed by atoms with Gasteiger partial charge in [0.1, 0.15) is 11.8 Å². The van der Waals surface area contributed by atoms with Crippen molar-refractivity contribution in [3.05, 3.63) is 23.8 Å². The van der Waals surface area contributed by atoms with Crippen LogP contribution in [0.3, 0.4) is 0 Å². The molecule has 3 fully saturated rings. The third-order valence-electron chi connectivity index (χ3n) is 8.71. The molecule has 0 amide bonds. The van der Waals surface area contributed by atoms with Crippen LogP contribution in [0.1, 0.15) is 40.0 Å². The summed E-state index contributed by atoms with van der Waals surface area (Å²) >= 11 is 20.1. The molecule has 160 valence electrons. The van der Waals surface area contributed by atoms with Gasteiger partial charge in [0, 0.05) is 10.8 Å². The number of hydrogen-bond acceptors (Lipinski definition) is 3. The van der Waals surface area contributed by atoms with Gasteiger partial charge in [0.15, 0.2) is 11.6 Å². The third-order valence-corrected chi connectivity index (χ3v) is 10.5. The van der Waals surface area contributed by atoms with E-state index in [0.29, 0.717) is 18.4 Å². The number of aliphatic hydroxyl groups is 1. The predicted octanol–water partition coefficient (Wildman–Crippen LogP) is 4.61. The number of fused-ring (bicyclic) bond motifs is 5. The molecule has 7 heteroatoms. The number of hydrogen-bond donors (Lipinski definition) is 1. The Bertz CT molecular complexity index is 843. The second-order valence-corrected chi connectivity index (χ2v) is 11.2. The average molecular weight is 464 g/mol. The van der Waals surface area contributed by atoms with Gasteiger partial charge in [0.05, 0.1) is 16.1 Å². The zero-order chi connectivity index (χ0) is 21.6. The van der Waals surface area contributed by atoms with Crippen molar-refractivity contribution in [3.63, 3.8) is 0 Å². The molecule has 0 spiro atoms. The van der Waals surface area contributed by atoms with Gasteiger partial charge in [0.25, 0.3) is 0 Å². The Morgan fingerprint density at radius 1 is 1.31 bits per heavy atom. The van der Waals surface area contributed by atoms with Crippen LogP contribution in [0.15, 0.2) is 23.8 Å². The molecule has 0 aliphatic heterocycles. The van der Waals surface area contributed by atoms with Gasteiger partial charge in [-0.25, -0.2) is 4.39 Å². The van der Waals surface area contributed by atoms with Crippen molar-refractivity contribution < 1.29 is 19.1 Å². The van der Waals surface area contributed by atoms with E-state index in [1.807, 2.05) is 20.8 Å². The number of allylic oxidation sites excluding steroid dienone is 4. The first-order chi connectivity index (χ1) is 13.4. The van der Waals surface area contributed by atoms with E-state index in [4.69, 9.17) is 34.8 Å². The number of rotatable bonds is 2. The summed E-state index contributed by atoms with van der Waals surface area (Å²) in [7, 11) is 0. The van der Waals surface area contributed by atoms with Crippen molar-refractivity contribution in [3.8, 4) is 0 Å². The summed E-state index contributed by atoms with van der Waals surface area (Å²) < 4.78 is 15.4. The molecular formula is C22H26Cl3FO3.